The molecule has 0 unspecified atom stereocenters. The monoisotopic (exact) mass is 425 g/mol. The standard InChI is InChI=1S/C23H27N3O3S/c1-17-7-8-18(2)21(15-17)29-13-14-30-23-24-19-5-3-4-6-20(19)26(23)16-22(27)25-9-11-28-12-10-25/h3-8,15H,9-14,16H2,1-2H3. The van der Waals surface area contributed by atoms with E-state index in [1.165, 1.54) is 5.56 Å². The van der Waals surface area contributed by atoms with E-state index in [1.807, 2.05) is 33.7 Å². The number of para-hydroxylation sites is 2. The number of nitrogens with zero attached hydrogens (tertiary/aromatic N) is 3. The molecule has 0 spiro atoms. The van der Waals surface area contributed by atoms with Crippen LogP contribution in [0.2, 0.25) is 0 Å². The fourth-order valence-electron chi connectivity index (χ4n) is 3.51. The lowest BCUT2D eigenvalue weighted by Crippen LogP contribution is -2.42. The summed E-state index contributed by atoms with van der Waals surface area (Å²) in [5, 5.41) is 0.849. The lowest BCUT2D eigenvalue weighted by atomic mass is 10.1. The van der Waals surface area contributed by atoms with Crippen molar-refractivity contribution in [2.45, 2.75) is 25.5 Å². The highest BCUT2D eigenvalue weighted by Gasteiger charge is 2.20. The molecule has 1 saturated heterocycles. The van der Waals surface area contributed by atoms with Gasteiger partial charge in [0.2, 0.25) is 5.91 Å². The number of hydrogen-bond acceptors (Lipinski definition) is 5. The molecule has 2 aromatic carbocycles. The number of hydrogen-bond donors (Lipinski definition) is 0. The Hall–Kier alpha value is -2.51. The predicted molar refractivity (Wildman–Crippen MR) is 119 cm³/mol. The van der Waals surface area contributed by atoms with E-state index in [1.54, 1.807) is 11.8 Å². The van der Waals surface area contributed by atoms with E-state index in [2.05, 4.69) is 32.0 Å². The van der Waals surface area contributed by atoms with Gasteiger partial charge in [0.25, 0.3) is 0 Å². The highest BCUT2D eigenvalue weighted by atomic mass is 32.2. The number of carbonyl (C=O) groups excluding carboxylic acids is 1. The van der Waals surface area contributed by atoms with Crippen LogP contribution in [0.25, 0.3) is 11.0 Å². The van der Waals surface area contributed by atoms with Crippen LogP contribution >= 0.6 is 11.8 Å². The molecule has 0 atom stereocenters. The number of ether oxygens (including phenoxy) is 2. The van der Waals surface area contributed by atoms with Gasteiger partial charge in [0.1, 0.15) is 12.3 Å². The normalized spacial score (nSPS) is 14.3. The maximum atomic E-state index is 12.8. The van der Waals surface area contributed by atoms with Crippen molar-refractivity contribution in [1.82, 2.24) is 14.5 Å². The van der Waals surface area contributed by atoms with Gasteiger partial charge in [-0.15, -0.1) is 0 Å². The van der Waals surface area contributed by atoms with Gasteiger partial charge >= 0.3 is 0 Å². The van der Waals surface area contributed by atoms with Crippen LogP contribution < -0.4 is 4.74 Å². The van der Waals surface area contributed by atoms with Crippen LogP contribution in [0.4, 0.5) is 0 Å². The quantitative estimate of drug-likeness (QED) is 0.427. The Labute approximate surface area is 181 Å². The summed E-state index contributed by atoms with van der Waals surface area (Å²) in [5.74, 6) is 1.78. The van der Waals surface area contributed by atoms with E-state index in [9.17, 15) is 4.79 Å². The predicted octanol–water partition coefficient (Wildman–Crippen LogP) is 3.68. The van der Waals surface area contributed by atoms with Crippen LogP contribution in [0.3, 0.4) is 0 Å². The maximum Gasteiger partial charge on any atom is 0.242 e. The number of morpholine rings is 1. The van der Waals surface area contributed by atoms with Gasteiger partial charge in [-0.05, 0) is 43.2 Å². The number of amides is 1. The largest absolute Gasteiger partial charge is 0.492 e. The molecule has 1 aromatic heterocycles. The van der Waals surface area contributed by atoms with Crippen LogP contribution in [-0.2, 0) is 16.1 Å². The molecule has 4 rings (SSSR count). The summed E-state index contributed by atoms with van der Waals surface area (Å²) in [6.07, 6.45) is 0. The number of aromatic nitrogens is 2. The first-order valence-electron chi connectivity index (χ1n) is 10.3. The van der Waals surface area contributed by atoms with Crippen LogP contribution in [0.5, 0.6) is 5.75 Å². The van der Waals surface area contributed by atoms with Crippen LogP contribution in [-0.4, -0.2) is 59.0 Å². The molecule has 3 aromatic rings. The van der Waals surface area contributed by atoms with Gasteiger partial charge in [-0.2, -0.15) is 0 Å². The summed E-state index contributed by atoms with van der Waals surface area (Å²) in [6, 6.07) is 14.2. The Bertz CT molecular complexity index is 1030. The summed E-state index contributed by atoms with van der Waals surface area (Å²) >= 11 is 1.62. The van der Waals surface area contributed by atoms with Crippen molar-refractivity contribution in [3.63, 3.8) is 0 Å². The molecule has 0 N–H and O–H groups in total. The Morgan fingerprint density at radius 1 is 1.17 bits per heavy atom. The molecule has 6 nitrogen and oxygen atoms in total. The van der Waals surface area contributed by atoms with E-state index >= 15 is 0 Å². The molecule has 0 bridgehead atoms. The van der Waals surface area contributed by atoms with Crippen LogP contribution in [0.1, 0.15) is 11.1 Å². The average molecular weight is 426 g/mol. The first-order valence-corrected chi connectivity index (χ1v) is 11.2. The number of rotatable bonds is 7. The van der Waals surface area contributed by atoms with Gasteiger partial charge in [0.05, 0.1) is 30.9 Å². The number of benzene rings is 2. The number of thioether (sulfide) groups is 1. The van der Waals surface area contributed by atoms with Gasteiger partial charge in [-0.3, -0.25) is 4.79 Å². The first-order chi connectivity index (χ1) is 14.6. The molecule has 0 radical (unpaired) electrons. The summed E-state index contributed by atoms with van der Waals surface area (Å²) in [7, 11) is 0. The molecule has 1 fully saturated rings. The van der Waals surface area contributed by atoms with E-state index in [0.717, 1.165) is 33.3 Å². The summed E-state index contributed by atoms with van der Waals surface area (Å²) in [5.41, 5.74) is 4.21. The highest BCUT2D eigenvalue weighted by molar-refractivity contribution is 7.99. The number of carbonyl (C=O) groups is 1. The zero-order chi connectivity index (χ0) is 20.9. The van der Waals surface area contributed by atoms with E-state index in [-0.39, 0.29) is 5.91 Å². The van der Waals surface area contributed by atoms with Crippen molar-refractivity contribution >= 4 is 28.7 Å². The molecule has 1 aliphatic heterocycles. The van der Waals surface area contributed by atoms with Gasteiger partial charge in [-0.1, -0.05) is 36.0 Å². The van der Waals surface area contributed by atoms with Gasteiger partial charge < -0.3 is 18.9 Å². The molecule has 158 valence electrons. The van der Waals surface area contributed by atoms with E-state index in [4.69, 9.17) is 14.5 Å². The minimum Gasteiger partial charge on any atom is -0.492 e. The van der Waals surface area contributed by atoms with Crippen LogP contribution in [0, 0.1) is 13.8 Å². The second-order valence-electron chi connectivity index (χ2n) is 7.43. The van der Waals surface area contributed by atoms with E-state index in [0.29, 0.717) is 39.5 Å². The van der Waals surface area contributed by atoms with Gasteiger partial charge in [0, 0.05) is 18.8 Å². The number of aryl methyl sites for hydroxylation is 2. The fraction of sp³-hybridized carbons (Fsp3) is 0.391. The SMILES string of the molecule is Cc1ccc(C)c(OCCSc2nc3ccccc3n2CC(=O)N2CCOCC2)c1. The van der Waals surface area contributed by atoms with Crippen molar-refractivity contribution in [2.24, 2.45) is 0 Å². The van der Waals surface area contributed by atoms with Crippen molar-refractivity contribution in [3.8, 4) is 5.75 Å². The third kappa shape index (κ3) is 4.79. The zero-order valence-corrected chi connectivity index (χ0v) is 18.3. The molecule has 30 heavy (non-hydrogen) atoms. The minimum absolute atomic E-state index is 0.106. The molecule has 0 saturated carbocycles. The minimum atomic E-state index is 0.106. The molecular formula is C23H27N3O3S. The third-order valence-electron chi connectivity index (χ3n) is 5.19. The van der Waals surface area contributed by atoms with Gasteiger partial charge in [0.15, 0.2) is 5.16 Å². The molecule has 1 amide bonds. The van der Waals surface area contributed by atoms with Crippen molar-refractivity contribution in [3.05, 3.63) is 53.6 Å². The molecular weight excluding hydrogens is 398 g/mol. The maximum absolute atomic E-state index is 12.8. The Balaban J connectivity index is 1.44. The lowest BCUT2D eigenvalue weighted by molar-refractivity contribution is -0.135. The molecule has 0 aliphatic carbocycles. The first kappa shape index (κ1) is 20.8. The molecule has 1 aliphatic rings. The second-order valence-corrected chi connectivity index (χ2v) is 8.49. The Morgan fingerprint density at radius 2 is 1.97 bits per heavy atom. The summed E-state index contributed by atoms with van der Waals surface area (Å²) in [4.78, 5) is 19.5. The van der Waals surface area contributed by atoms with Crippen molar-refractivity contribution in [1.29, 1.82) is 0 Å². The number of imidazole rings is 1. The molecule has 7 heteroatoms. The average Bonchev–Trinajstić information content (AvgIpc) is 3.11. The zero-order valence-electron chi connectivity index (χ0n) is 17.5. The smallest absolute Gasteiger partial charge is 0.242 e. The van der Waals surface area contributed by atoms with E-state index < -0.39 is 0 Å². The van der Waals surface area contributed by atoms with Crippen LogP contribution in [0.15, 0.2) is 47.6 Å². The molecule has 2 heterocycles. The Morgan fingerprint density at radius 3 is 2.80 bits per heavy atom. The van der Waals surface area contributed by atoms with Crippen molar-refractivity contribution in [2.75, 3.05) is 38.7 Å². The summed E-state index contributed by atoms with van der Waals surface area (Å²) < 4.78 is 13.4. The second kappa shape index (κ2) is 9.53. The topological polar surface area (TPSA) is 56.6 Å². The lowest BCUT2D eigenvalue weighted by Gasteiger charge is -2.27. The summed E-state index contributed by atoms with van der Waals surface area (Å²) in [6.45, 7) is 7.50. The van der Waals surface area contributed by atoms with Gasteiger partial charge in [-0.25, -0.2) is 4.98 Å². The van der Waals surface area contributed by atoms with Crippen molar-refractivity contribution < 1.29 is 14.3 Å². The Kier molecular flexibility index (Phi) is 6.59. The number of fused-ring (bicyclic) bond motifs is 1. The fourth-order valence-corrected chi connectivity index (χ4v) is 4.34. The highest BCUT2D eigenvalue weighted by Crippen LogP contribution is 2.25. The third-order valence-corrected chi connectivity index (χ3v) is 6.13.